The fraction of sp³-hybridized carbons (Fsp3) is 0.542. The molecular weight excluding hydrogens is 465 g/mol. The molecule has 3 aliphatic heterocycles. The topological polar surface area (TPSA) is 65.5 Å². The van der Waals surface area contributed by atoms with E-state index in [9.17, 15) is 12.8 Å². The molecule has 3 saturated heterocycles. The number of halogens is 3. The SMILES string of the molecule is Cc1c(N2CCC(CN3CC4CCC3CC4)C2)cc(F)c(S(=O)(=O)Nc2cccc(F)n2)c1F. The highest BCUT2D eigenvalue weighted by Gasteiger charge is 2.36. The van der Waals surface area contributed by atoms with Gasteiger partial charge in [0.1, 0.15) is 11.6 Å². The molecule has 4 heterocycles. The van der Waals surface area contributed by atoms with Crippen molar-refractivity contribution >= 4 is 21.5 Å². The van der Waals surface area contributed by atoms with Crippen molar-refractivity contribution in [3.05, 3.63) is 47.4 Å². The van der Waals surface area contributed by atoms with Crippen LogP contribution in [-0.2, 0) is 10.0 Å². The average Bonchev–Trinajstić information content (AvgIpc) is 3.25. The highest BCUT2D eigenvalue weighted by Crippen LogP contribution is 2.37. The minimum Gasteiger partial charge on any atom is -0.371 e. The minimum atomic E-state index is -4.64. The van der Waals surface area contributed by atoms with Gasteiger partial charge in [0.2, 0.25) is 5.95 Å². The Morgan fingerprint density at radius 3 is 2.53 bits per heavy atom. The van der Waals surface area contributed by atoms with E-state index >= 15 is 8.78 Å². The summed E-state index contributed by atoms with van der Waals surface area (Å²) < 4.78 is 70.9. The van der Waals surface area contributed by atoms with Crippen LogP contribution in [0, 0.1) is 36.3 Å². The number of hydrogen-bond donors (Lipinski definition) is 1. The van der Waals surface area contributed by atoms with Crippen molar-refractivity contribution < 1.29 is 21.6 Å². The number of fused-ring (bicyclic) bond motifs is 3. The summed E-state index contributed by atoms with van der Waals surface area (Å²) in [6.07, 6.45) is 6.13. The highest BCUT2D eigenvalue weighted by atomic mass is 32.2. The van der Waals surface area contributed by atoms with Crippen LogP contribution in [0.1, 0.15) is 37.7 Å². The Labute approximate surface area is 198 Å². The lowest BCUT2D eigenvalue weighted by atomic mass is 9.79. The first-order chi connectivity index (χ1) is 16.2. The van der Waals surface area contributed by atoms with Gasteiger partial charge in [-0.15, -0.1) is 0 Å². The zero-order valence-electron chi connectivity index (χ0n) is 19.1. The second-order valence-electron chi connectivity index (χ2n) is 9.83. The van der Waals surface area contributed by atoms with Crippen LogP contribution in [0.4, 0.5) is 24.7 Å². The second-order valence-corrected chi connectivity index (χ2v) is 11.4. The molecule has 0 spiro atoms. The summed E-state index contributed by atoms with van der Waals surface area (Å²) in [6.45, 7) is 4.97. The Balaban J connectivity index is 1.33. The van der Waals surface area contributed by atoms with Crippen LogP contribution in [0.15, 0.2) is 29.2 Å². The third-order valence-corrected chi connectivity index (χ3v) is 8.95. The van der Waals surface area contributed by atoms with Crippen LogP contribution in [0.3, 0.4) is 0 Å². The largest absolute Gasteiger partial charge is 0.371 e. The standard InChI is InChI=1S/C24H29F3N4O2S/c1-15-20(30-10-9-17(13-30)14-31-12-16-5-7-18(31)8-6-16)11-19(25)24(23(15)27)34(32,33)29-22-4-2-3-21(26)28-22/h2-4,11,16-18H,5-10,12-14H2,1H3,(H,28,29). The van der Waals surface area contributed by atoms with Crippen molar-refractivity contribution in [3.8, 4) is 0 Å². The lowest BCUT2D eigenvalue weighted by molar-refractivity contribution is 0.0385. The summed E-state index contributed by atoms with van der Waals surface area (Å²) in [6, 6.07) is 5.25. The molecule has 0 radical (unpaired) electrons. The van der Waals surface area contributed by atoms with E-state index in [0.29, 0.717) is 30.7 Å². The molecule has 2 bridgehead atoms. The number of nitrogens with zero attached hydrogens (tertiary/aromatic N) is 3. The molecule has 6 rings (SSSR count). The predicted octanol–water partition coefficient (Wildman–Crippen LogP) is 4.31. The van der Waals surface area contributed by atoms with Gasteiger partial charge in [0, 0.05) is 43.5 Å². The van der Waals surface area contributed by atoms with E-state index in [-0.39, 0.29) is 11.4 Å². The van der Waals surface area contributed by atoms with Crippen LogP contribution in [-0.4, -0.2) is 50.5 Å². The number of nitrogens with one attached hydrogen (secondary N) is 1. The van der Waals surface area contributed by atoms with Gasteiger partial charge in [-0.3, -0.25) is 9.62 Å². The Bertz CT molecular complexity index is 1180. The van der Waals surface area contributed by atoms with Crippen LogP contribution in [0.5, 0.6) is 0 Å². The van der Waals surface area contributed by atoms with Gasteiger partial charge in [0.05, 0.1) is 0 Å². The molecule has 10 heteroatoms. The van der Waals surface area contributed by atoms with Gasteiger partial charge < -0.3 is 4.90 Å². The molecule has 1 saturated carbocycles. The van der Waals surface area contributed by atoms with Crippen molar-refractivity contribution in [3.63, 3.8) is 0 Å². The van der Waals surface area contributed by atoms with Crippen molar-refractivity contribution in [2.75, 3.05) is 35.8 Å². The monoisotopic (exact) mass is 494 g/mol. The molecule has 1 atom stereocenters. The molecule has 1 N–H and O–H groups in total. The van der Waals surface area contributed by atoms with Gasteiger partial charge >= 0.3 is 0 Å². The molecular formula is C24H29F3N4O2S. The molecule has 0 amide bonds. The number of sulfonamides is 1. The van der Waals surface area contributed by atoms with Crippen LogP contribution in [0.2, 0.25) is 0 Å². The third-order valence-electron chi connectivity index (χ3n) is 7.56. The van der Waals surface area contributed by atoms with Crippen LogP contribution >= 0.6 is 0 Å². The van der Waals surface area contributed by atoms with Gasteiger partial charge in [0.15, 0.2) is 10.7 Å². The predicted molar refractivity (Wildman–Crippen MR) is 124 cm³/mol. The van der Waals surface area contributed by atoms with Crippen molar-refractivity contribution in [2.24, 2.45) is 11.8 Å². The van der Waals surface area contributed by atoms with E-state index < -0.39 is 32.5 Å². The first-order valence-electron chi connectivity index (χ1n) is 11.8. The molecule has 4 fully saturated rings. The van der Waals surface area contributed by atoms with Gasteiger partial charge in [-0.1, -0.05) is 6.07 Å². The number of benzene rings is 1. The Morgan fingerprint density at radius 1 is 1.09 bits per heavy atom. The quantitative estimate of drug-likeness (QED) is 0.607. The normalized spacial score (nSPS) is 25.2. The van der Waals surface area contributed by atoms with Crippen molar-refractivity contribution in [1.29, 1.82) is 0 Å². The summed E-state index contributed by atoms with van der Waals surface area (Å²) in [5, 5.41) is 0. The zero-order chi connectivity index (χ0) is 24.0. The number of aromatic nitrogens is 1. The van der Waals surface area contributed by atoms with Gasteiger partial charge in [-0.05, 0) is 69.1 Å². The third kappa shape index (κ3) is 4.49. The van der Waals surface area contributed by atoms with Crippen molar-refractivity contribution in [2.45, 2.75) is 50.0 Å². The maximum Gasteiger partial charge on any atom is 0.268 e. The maximum absolute atomic E-state index is 15.2. The lowest BCUT2D eigenvalue weighted by Gasteiger charge is -2.46. The molecule has 1 unspecified atom stereocenters. The zero-order valence-corrected chi connectivity index (χ0v) is 19.9. The summed E-state index contributed by atoms with van der Waals surface area (Å²) in [7, 11) is -4.64. The molecule has 1 aromatic carbocycles. The van der Waals surface area contributed by atoms with Gasteiger partial charge in [-0.2, -0.15) is 4.39 Å². The molecule has 1 aliphatic carbocycles. The fourth-order valence-electron chi connectivity index (χ4n) is 5.84. The summed E-state index contributed by atoms with van der Waals surface area (Å²) >= 11 is 0. The fourth-order valence-corrected chi connectivity index (χ4v) is 7.03. The van der Waals surface area contributed by atoms with Crippen LogP contribution < -0.4 is 9.62 Å². The first-order valence-corrected chi connectivity index (χ1v) is 13.3. The molecule has 34 heavy (non-hydrogen) atoms. The summed E-state index contributed by atoms with van der Waals surface area (Å²) in [5.41, 5.74) is 0.451. The first kappa shape index (κ1) is 23.4. The number of hydrogen-bond acceptors (Lipinski definition) is 5. The summed E-state index contributed by atoms with van der Waals surface area (Å²) in [5.74, 6) is -2.37. The molecule has 6 nitrogen and oxygen atoms in total. The average molecular weight is 495 g/mol. The van der Waals surface area contributed by atoms with E-state index in [1.54, 1.807) is 0 Å². The molecule has 1 aromatic heterocycles. The Morgan fingerprint density at radius 2 is 1.85 bits per heavy atom. The second kappa shape index (κ2) is 9.03. The Kier molecular flexibility index (Phi) is 6.22. The lowest BCUT2D eigenvalue weighted by Crippen LogP contribution is -2.49. The molecule has 2 aromatic rings. The minimum absolute atomic E-state index is 0.0756. The smallest absolute Gasteiger partial charge is 0.268 e. The number of pyridine rings is 1. The molecule has 184 valence electrons. The van der Waals surface area contributed by atoms with E-state index in [2.05, 4.69) is 9.88 Å². The van der Waals surface area contributed by atoms with Crippen molar-refractivity contribution in [1.82, 2.24) is 9.88 Å². The van der Waals surface area contributed by atoms with Gasteiger partial charge in [-0.25, -0.2) is 22.2 Å². The Hall–Kier alpha value is -2.33. The molecule has 4 aliphatic rings. The van der Waals surface area contributed by atoms with Gasteiger partial charge in [0.25, 0.3) is 10.0 Å². The number of piperidine rings is 2. The number of anilines is 2. The van der Waals surface area contributed by atoms with E-state index in [4.69, 9.17) is 0 Å². The van der Waals surface area contributed by atoms with E-state index in [0.717, 1.165) is 37.6 Å². The van der Waals surface area contributed by atoms with E-state index in [1.165, 1.54) is 44.7 Å². The van der Waals surface area contributed by atoms with E-state index in [1.807, 2.05) is 9.62 Å². The maximum atomic E-state index is 15.2. The summed E-state index contributed by atoms with van der Waals surface area (Å²) in [4.78, 5) is 6.87. The van der Waals surface area contributed by atoms with Crippen LogP contribution in [0.25, 0.3) is 0 Å². The highest BCUT2D eigenvalue weighted by molar-refractivity contribution is 7.92. The number of rotatable bonds is 6.